The van der Waals surface area contributed by atoms with Crippen LogP contribution in [0, 0.1) is 12.3 Å². The Balaban J connectivity index is 1.48. The molecule has 2 aromatic carbocycles. The average Bonchev–Trinajstić information content (AvgIpc) is 3.18. The summed E-state index contributed by atoms with van der Waals surface area (Å²) >= 11 is 5.97. The third-order valence-corrected chi connectivity index (χ3v) is 6.10. The molecule has 26 heavy (non-hydrogen) atoms. The Morgan fingerprint density at radius 3 is 2.62 bits per heavy atom. The largest absolute Gasteiger partial charge is 0.378 e. The van der Waals surface area contributed by atoms with Crippen molar-refractivity contribution in [1.82, 2.24) is 0 Å². The average molecular weight is 369 g/mol. The summed E-state index contributed by atoms with van der Waals surface area (Å²) in [5, 5.41) is 7.49. The highest BCUT2D eigenvalue weighted by Crippen LogP contribution is 2.48. The number of carbonyl (C=O) groups is 1. The number of anilines is 2. The first-order valence-electron chi connectivity index (χ1n) is 9.38. The van der Waals surface area contributed by atoms with E-state index in [4.69, 9.17) is 11.6 Å². The molecule has 1 fully saturated rings. The summed E-state index contributed by atoms with van der Waals surface area (Å²) in [5.41, 5.74) is 6.20. The molecule has 4 heteroatoms. The van der Waals surface area contributed by atoms with Crippen molar-refractivity contribution in [3.63, 3.8) is 0 Å². The molecule has 0 aliphatic heterocycles. The third kappa shape index (κ3) is 3.59. The number of halogens is 1. The Morgan fingerprint density at radius 2 is 1.92 bits per heavy atom. The molecular formula is C22H25ClN2O. The van der Waals surface area contributed by atoms with Gasteiger partial charge in [0.2, 0.25) is 5.91 Å². The van der Waals surface area contributed by atoms with Gasteiger partial charge in [0.15, 0.2) is 0 Å². The molecule has 0 saturated heterocycles. The molecule has 2 N–H and O–H groups in total. The molecule has 0 aromatic heterocycles. The number of hydrogen-bond acceptors (Lipinski definition) is 2. The van der Waals surface area contributed by atoms with E-state index in [1.807, 2.05) is 24.3 Å². The maximum atomic E-state index is 12.3. The van der Waals surface area contributed by atoms with E-state index in [0.29, 0.717) is 12.5 Å². The molecule has 0 radical (unpaired) electrons. The molecule has 1 saturated carbocycles. The van der Waals surface area contributed by atoms with Crippen LogP contribution < -0.4 is 10.6 Å². The fraction of sp³-hybridized carbons (Fsp3) is 0.409. The lowest BCUT2D eigenvalue weighted by atomic mass is 10.0. The van der Waals surface area contributed by atoms with Gasteiger partial charge in [0.05, 0.1) is 6.04 Å². The van der Waals surface area contributed by atoms with Gasteiger partial charge in [-0.25, -0.2) is 0 Å². The minimum atomic E-state index is 0.141. The van der Waals surface area contributed by atoms with Gasteiger partial charge in [-0.3, -0.25) is 4.79 Å². The van der Waals surface area contributed by atoms with E-state index in [1.165, 1.54) is 29.5 Å². The lowest BCUT2D eigenvalue weighted by Crippen LogP contribution is -2.16. The fourth-order valence-corrected chi connectivity index (χ4v) is 4.01. The van der Waals surface area contributed by atoms with Crippen LogP contribution >= 0.6 is 11.6 Å². The summed E-state index contributed by atoms with van der Waals surface area (Å²) in [6.45, 7) is 4.31. The van der Waals surface area contributed by atoms with Crippen LogP contribution in [0.5, 0.6) is 0 Å². The topological polar surface area (TPSA) is 41.1 Å². The quantitative estimate of drug-likeness (QED) is 0.692. The van der Waals surface area contributed by atoms with Crippen LogP contribution in [-0.2, 0) is 11.2 Å². The SMILES string of the molecule is Cc1c(NC(=O)CC2(C)CC2)ccc2c1CCC2Nc1ccc(Cl)cc1. The molecule has 3 nitrogen and oxygen atoms in total. The van der Waals surface area contributed by atoms with Crippen molar-refractivity contribution in [1.29, 1.82) is 0 Å². The molecule has 136 valence electrons. The Labute approximate surface area is 160 Å². The van der Waals surface area contributed by atoms with Crippen LogP contribution in [0.1, 0.15) is 55.3 Å². The van der Waals surface area contributed by atoms with Gasteiger partial charge >= 0.3 is 0 Å². The standard InChI is InChI=1S/C22H25ClN2O/c1-14-17-7-10-20(24-16-5-3-15(23)4-6-16)18(17)8-9-19(14)25-21(26)13-22(2)11-12-22/h3-6,8-9,20,24H,7,10-13H2,1-2H3,(H,25,26). The highest BCUT2D eigenvalue weighted by atomic mass is 35.5. The fourth-order valence-electron chi connectivity index (χ4n) is 3.89. The van der Waals surface area contributed by atoms with E-state index in [9.17, 15) is 4.79 Å². The zero-order chi connectivity index (χ0) is 18.3. The molecule has 2 aliphatic carbocycles. The van der Waals surface area contributed by atoms with E-state index in [1.54, 1.807) is 0 Å². The van der Waals surface area contributed by atoms with Gasteiger partial charge in [-0.15, -0.1) is 0 Å². The first-order chi connectivity index (χ1) is 12.4. The Morgan fingerprint density at radius 1 is 1.19 bits per heavy atom. The first-order valence-corrected chi connectivity index (χ1v) is 9.76. The van der Waals surface area contributed by atoms with Crippen molar-refractivity contribution in [2.45, 2.75) is 52.0 Å². The van der Waals surface area contributed by atoms with Crippen LogP contribution in [0.15, 0.2) is 36.4 Å². The van der Waals surface area contributed by atoms with Crippen LogP contribution in [0.25, 0.3) is 0 Å². The Bertz CT molecular complexity index is 840. The Hall–Kier alpha value is -2.00. The van der Waals surface area contributed by atoms with E-state index < -0.39 is 0 Å². The predicted octanol–water partition coefficient (Wildman–Crippen LogP) is 5.88. The van der Waals surface area contributed by atoms with E-state index >= 15 is 0 Å². The number of benzene rings is 2. The van der Waals surface area contributed by atoms with Crippen LogP contribution in [0.2, 0.25) is 5.02 Å². The summed E-state index contributed by atoms with van der Waals surface area (Å²) in [7, 11) is 0. The highest BCUT2D eigenvalue weighted by molar-refractivity contribution is 6.30. The van der Waals surface area contributed by atoms with Crippen molar-refractivity contribution >= 4 is 28.9 Å². The minimum Gasteiger partial charge on any atom is -0.378 e. The van der Waals surface area contributed by atoms with Gasteiger partial charge in [0.1, 0.15) is 0 Å². The molecule has 0 heterocycles. The van der Waals surface area contributed by atoms with Crippen molar-refractivity contribution < 1.29 is 4.79 Å². The molecule has 4 rings (SSSR count). The molecule has 1 unspecified atom stereocenters. The van der Waals surface area contributed by atoms with Crippen LogP contribution in [-0.4, -0.2) is 5.91 Å². The number of fused-ring (bicyclic) bond motifs is 1. The minimum absolute atomic E-state index is 0.141. The van der Waals surface area contributed by atoms with E-state index in [0.717, 1.165) is 29.2 Å². The Kier molecular flexibility index (Phi) is 4.44. The molecule has 2 aromatic rings. The normalized spacial score (nSPS) is 19.7. The van der Waals surface area contributed by atoms with Crippen molar-refractivity contribution in [3.05, 3.63) is 58.1 Å². The molecule has 0 spiro atoms. The van der Waals surface area contributed by atoms with Gasteiger partial charge in [-0.05, 0) is 85.0 Å². The molecular weight excluding hydrogens is 344 g/mol. The summed E-state index contributed by atoms with van der Waals surface area (Å²) < 4.78 is 0. The van der Waals surface area contributed by atoms with E-state index in [-0.39, 0.29) is 11.3 Å². The number of rotatable bonds is 5. The van der Waals surface area contributed by atoms with Crippen molar-refractivity contribution in [2.75, 3.05) is 10.6 Å². The summed E-state index contributed by atoms with van der Waals surface area (Å²) in [5.74, 6) is 0.141. The second-order valence-electron chi connectivity index (χ2n) is 8.08. The number of carbonyl (C=O) groups excluding carboxylic acids is 1. The summed E-state index contributed by atoms with van der Waals surface area (Å²) in [6.07, 6.45) is 5.07. The number of amides is 1. The predicted molar refractivity (Wildman–Crippen MR) is 108 cm³/mol. The van der Waals surface area contributed by atoms with Gasteiger partial charge in [-0.1, -0.05) is 24.6 Å². The summed E-state index contributed by atoms with van der Waals surface area (Å²) in [6, 6.07) is 12.4. The molecule has 0 bridgehead atoms. The van der Waals surface area contributed by atoms with Crippen molar-refractivity contribution in [2.24, 2.45) is 5.41 Å². The van der Waals surface area contributed by atoms with Gasteiger partial charge < -0.3 is 10.6 Å². The van der Waals surface area contributed by atoms with Crippen LogP contribution in [0.4, 0.5) is 11.4 Å². The zero-order valence-corrected chi connectivity index (χ0v) is 16.1. The second-order valence-corrected chi connectivity index (χ2v) is 8.52. The first kappa shape index (κ1) is 17.4. The van der Waals surface area contributed by atoms with Gasteiger partial charge in [0.25, 0.3) is 0 Å². The number of hydrogen-bond donors (Lipinski definition) is 2. The van der Waals surface area contributed by atoms with E-state index in [2.05, 4.69) is 36.6 Å². The molecule has 2 aliphatic rings. The summed E-state index contributed by atoms with van der Waals surface area (Å²) in [4.78, 5) is 12.3. The van der Waals surface area contributed by atoms with Crippen molar-refractivity contribution in [3.8, 4) is 0 Å². The maximum Gasteiger partial charge on any atom is 0.224 e. The lowest BCUT2D eigenvalue weighted by molar-refractivity contribution is -0.117. The second kappa shape index (κ2) is 6.62. The zero-order valence-electron chi connectivity index (χ0n) is 15.4. The molecule has 1 amide bonds. The third-order valence-electron chi connectivity index (χ3n) is 5.84. The smallest absolute Gasteiger partial charge is 0.224 e. The highest BCUT2D eigenvalue weighted by Gasteiger charge is 2.39. The van der Waals surface area contributed by atoms with Crippen LogP contribution in [0.3, 0.4) is 0 Å². The van der Waals surface area contributed by atoms with Gasteiger partial charge in [-0.2, -0.15) is 0 Å². The molecule has 1 atom stereocenters. The lowest BCUT2D eigenvalue weighted by Gasteiger charge is -2.18. The van der Waals surface area contributed by atoms with Gasteiger partial charge in [0, 0.05) is 22.8 Å². The maximum absolute atomic E-state index is 12.3. The monoisotopic (exact) mass is 368 g/mol. The number of nitrogens with one attached hydrogen (secondary N) is 2.